The largest absolute Gasteiger partial charge is 0.457 e. The van der Waals surface area contributed by atoms with E-state index in [-0.39, 0.29) is 17.3 Å². The van der Waals surface area contributed by atoms with Gasteiger partial charge in [-0.25, -0.2) is 22.7 Å². The molecule has 1 amide bonds. The maximum absolute atomic E-state index is 13.5. The van der Waals surface area contributed by atoms with Crippen LogP contribution in [0.3, 0.4) is 0 Å². The maximum Gasteiger partial charge on any atom is 0.242 e. The van der Waals surface area contributed by atoms with Gasteiger partial charge in [0, 0.05) is 32.2 Å². The SMILES string of the molecule is CN(C)S(=O)(=O)c1cccc(N(Cc2cccc(Oc3ccccc3)c2)C(=O)CC(=O)c2ncccn2)c1. The highest BCUT2D eigenvalue weighted by molar-refractivity contribution is 7.89. The number of carbonyl (C=O) groups is 2. The third-order valence-corrected chi connectivity index (χ3v) is 7.37. The van der Waals surface area contributed by atoms with Gasteiger partial charge in [0.15, 0.2) is 5.82 Å². The Bertz CT molecular complexity index is 1530. The van der Waals surface area contributed by atoms with Gasteiger partial charge in [-0.05, 0) is 54.1 Å². The highest BCUT2D eigenvalue weighted by atomic mass is 32.2. The third-order valence-electron chi connectivity index (χ3n) is 5.55. The van der Waals surface area contributed by atoms with E-state index in [1.54, 1.807) is 36.4 Å². The molecule has 0 saturated heterocycles. The molecular weight excluding hydrogens is 504 g/mol. The Labute approximate surface area is 221 Å². The van der Waals surface area contributed by atoms with Gasteiger partial charge in [-0.1, -0.05) is 36.4 Å². The number of rotatable bonds is 10. The Balaban J connectivity index is 1.66. The van der Waals surface area contributed by atoms with Crippen LogP contribution in [0.5, 0.6) is 11.5 Å². The number of sulfonamides is 1. The van der Waals surface area contributed by atoms with Crippen molar-refractivity contribution in [1.29, 1.82) is 0 Å². The van der Waals surface area contributed by atoms with Crippen LogP contribution in [0, 0.1) is 0 Å². The number of anilines is 1. The van der Waals surface area contributed by atoms with Crippen molar-refractivity contribution in [1.82, 2.24) is 14.3 Å². The molecule has 0 bridgehead atoms. The van der Waals surface area contributed by atoms with Gasteiger partial charge in [0.05, 0.1) is 17.9 Å². The van der Waals surface area contributed by atoms with Crippen molar-refractivity contribution in [2.45, 2.75) is 17.9 Å². The van der Waals surface area contributed by atoms with Crippen molar-refractivity contribution in [2.24, 2.45) is 0 Å². The average Bonchev–Trinajstić information content (AvgIpc) is 2.93. The molecule has 0 unspecified atom stereocenters. The number of hydrogen-bond donors (Lipinski definition) is 0. The highest BCUT2D eigenvalue weighted by Gasteiger charge is 2.24. The predicted octanol–water partition coefficient (Wildman–Crippen LogP) is 4.33. The molecule has 0 aliphatic rings. The fourth-order valence-corrected chi connectivity index (χ4v) is 4.56. The number of aromatic nitrogens is 2. The van der Waals surface area contributed by atoms with E-state index >= 15 is 0 Å². The van der Waals surface area contributed by atoms with E-state index in [2.05, 4.69) is 9.97 Å². The lowest BCUT2D eigenvalue weighted by molar-refractivity contribution is -0.117. The molecule has 0 aliphatic carbocycles. The van der Waals surface area contributed by atoms with Crippen LogP contribution in [0.25, 0.3) is 0 Å². The van der Waals surface area contributed by atoms with Gasteiger partial charge >= 0.3 is 0 Å². The van der Waals surface area contributed by atoms with E-state index in [1.807, 2.05) is 36.4 Å². The second-order valence-corrected chi connectivity index (χ2v) is 10.7. The van der Waals surface area contributed by atoms with Gasteiger partial charge < -0.3 is 9.64 Å². The van der Waals surface area contributed by atoms with Crippen molar-refractivity contribution >= 4 is 27.4 Å². The Morgan fingerprint density at radius 2 is 1.50 bits per heavy atom. The van der Waals surface area contributed by atoms with Crippen LogP contribution in [0.15, 0.2) is 102 Å². The minimum atomic E-state index is -3.75. The molecule has 0 saturated carbocycles. The van der Waals surface area contributed by atoms with Crippen molar-refractivity contribution in [2.75, 3.05) is 19.0 Å². The first-order valence-electron chi connectivity index (χ1n) is 11.7. The van der Waals surface area contributed by atoms with Gasteiger partial charge in [-0.15, -0.1) is 0 Å². The summed E-state index contributed by atoms with van der Waals surface area (Å²) in [6.07, 6.45) is 2.36. The molecule has 1 aromatic heterocycles. The summed E-state index contributed by atoms with van der Waals surface area (Å²) in [7, 11) is -0.886. The summed E-state index contributed by atoms with van der Waals surface area (Å²) in [4.78, 5) is 35.4. The Hall–Kier alpha value is -4.41. The average molecular weight is 531 g/mol. The topological polar surface area (TPSA) is 110 Å². The first-order chi connectivity index (χ1) is 18.2. The number of amides is 1. The van der Waals surface area contributed by atoms with Crippen molar-refractivity contribution in [3.63, 3.8) is 0 Å². The predicted molar refractivity (Wildman–Crippen MR) is 142 cm³/mol. The molecule has 0 radical (unpaired) electrons. The second kappa shape index (κ2) is 11.8. The number of ether oxygens (including phenoxy) is 1. The Morgan fingerprint density at radius 3 is 2.21 bits per heavy atom. The highest BCUT2D eigenvalue weighted by Crippen LogP contribution is 2.26. The summed E-state index contributed by atoms with van der Waals surface area (Å²) in [5, 5.41) is 0. The van der Waals surface area contributed by atoms with Crippen LogP contribution in [0.4, 0.5) is 5.69 Å². The molecule has 0 spiro atoms. The fraction of sp³-hybridized carbons (Fsp3) is 0.143. The summed E-state index contributed by atoms with van der Waals surface area (Å²) in [5.41, 5.74) is 1.05. The van der Waals surface area contributed by atoms with E-state index in [9.17, 15) is 18.0 Å². The summed E-state index contributed by atoms with van der Waals surface area (Å²) in [5.74, 6) is 0.0875. The first kappa shape index (κ1) is 26.6. The molecule has 9 nitrogen and oxygen atoms in total. The minimum Gasteiger partial charge on any atom is -0.457 e. The number of Topliss-reactive ketones (excluding diaryl/α,β-unsaturated/α-hetero) is 1. The lowest BCUT2D eigenvalue weighted by atomic mass is 10.1. The zero-order chi connectivity index (χ0) is 27.1. The monoisotopic (exact) mass is 530 g/mol. The first-order valence-corrected chi connectivity index (χ1v) is 13.1. The van der Waals surface area contributed by atoms with Gasteiger partial charge in [-0.3, -0.25) is 9.59 Å². The number of benzene rings is 3. The van der Waals surface area contributed by atoms with Crippen LogP contribution in [-0.2, 0) is 21.4 Å². The van der Waals surface area contributed by atoms with E-state index in [4.69, 9.17) is 4.74 Å². The normalized spacial score (nSPS) is 11.2. The Kier molecular flexibility index (Phi) is 8.25. The quantitative estimate of drug-likeness (QED) is 0.222. The van der Waals surface area contributed by atoms with Gasteiger partial charge in [0.25, 0.3) is 0 Å². The van der Waals surface area contributed by atoms with Crippen molar-refractivity contribution in [3.05, 3.63) is 109 Å². The second-order valence-electron chi connectivity index (χ2n) is 8.50. The maximum atomic E-state index is 13.5. The molecule has 38 heavy (non-hydrogen) atoms. The minimum absolute atomic E-state index is 0.0247. The van der Waals surface area contributed by atoms with Crippen molar-refractivity contribution < 1.29 is 22.7 Å². The lowest BCUT2D eigenvalue weighted by Gasteiger charge is -2.24. The van der Waals surface area contributed by atoms with E-state index in [1.165, 1.54) is 43.5 Å². The molecule has 0 aliphatic heterocycles. The van der Waals surface area contributed by atoms with E-state index in [0.717, 1.165) is 9.87 Å². The van der Waals surface area contributed by atoms with E-state index in [0.29, 0.717) is 17.2 Å². The summed E-state index contributed by atoms with van der Waals surface area (Å²) in [6, 6.07) is 24.1. The number of para-hydroxylation sites is 1. The Morgan fingerprint density at radius 1 is 0.816 bits per heavy atom. The van der Waals surface area contributed by atoms with Crippen LogP contribution >= 0.6 is 0 Å². The smallest absolute Gasteiger partial charge is 0.242 e. The van der Waals surface area contributed by atoms with Gasteiger partial charge in [-0.2, -0.15) is 0 Å². The zero-order valence-electron chi connectivity index (χ0n) is 20.9. The lowest BCUT2D eigenvalue weighted by Crippen LogP contribution is -2.32. The van der Waals surface area contributed by atoms with Crippen LogP contribution in [0.2, 0.25) is 0 Å². The van der Waals surface area contributed by atoms with E-state index < -0.39 is 28.1 Å². The molecule has 0 N–H and O–H groups in total. The molecule has 4 rings (SSSR count). The van der Waals surface area contributed by atoms with Crippen LogP contribution < -0.4 is 9.64 Å². The fourth-order valence-electron chi connectivity index (χ4n) is 3.62. The van der Waals surface area contributed by atoms with Gasteiger partial charge in [0.1, 0.15) is 11.5 Å². The zero-order valence-corrected chi connectivity index (χ0v) is 21.7. The molecular formula is C28H26N4O5S. The molecule has 10 heteroatoms. The van der Waals surface area contributed by atoms with Crippen molar-refractivity contribution in [3.8, 4) is 11.5 Å². The summed E-state index contributed by atoms with van der Waals surface area (Å²) in [6.45, 7) is 0.0687. The molecule has 0 atom stereocenters. The molecule has 3 aromatic carbocycles. The summed E-state index contributed by atoms with van der Waals surface area (Å²) < 4.78 is 32.5. The number of nitrogens with zero attached hydrogens (tertiary/aromatic N) is 4. The molecule has 4 aromatic rings. The van der Waals surface area contributed by atoms with Crippen LogP contribution in [-0.4, -0.2) is 48.5 Å². The molecule has 1 heterocycles. The number of hydrogen-bond acceptors (Lipinski definition) is 7. The molecule has 194 valence electrons. The van der Waals surface area contributed by atoms with Gasteiger partial charge in [0.2, 0.25) is 21.7 Å². The van der Waals surface area contributed by atoms with Crippen LogP contribution in [0.1, 0.15) is 22.6 Å². The summed E-state index contributed by atoms with van der Waals surface area (Å²) >= 11 is 0. The molecule has 0 fully saturated rings. The number of carbonyl (C=O) groups excluding carboxylic acids is 2. The third kappa shape index (κ3) is 6.47. The standard InChI is InChI=1S/C28H26N4O5S/c1-31(2)38(35,36)25-14-7-10-22(18-25)32(27(34)19-26(33)28-29-15-8-16-30-28)20-21-9-6-13-24(17-21)37-23-11-4-3-5-12-23/h3-18H,19-20H2,1-2H3. The number of ketones is 1.